The van der Waals surface area contributed by atoms with Crippen LogP contribution in [0, 0.1) is 0 Å². The molecule has 8 nitrogen and oxygen atoms in total. The SMILES string of the molecule is CCCNC(=O)C(Cc1ccccc1)N(Cc1cccc(Br)c1)C(=O)CN(c1ccc(OC)c(Cl)c1)S(C)(=O)=O. The molecule has 1 atom stereocenters. The van der Waals surface area contributed by atoms with Crippen LogP contribution in [0.1, 0.15) is 24.5 Å². The number of carbonyl (C=O) groups excluding carboxylic acids is 2. The van der Waals surface area contributed by atoms with Gasteiger partial charge < -0.3 is 15.0 Å². The number of anilines is 1. The van der Waals surface area contributed by atoms with Crippen molar-refractivity contribution >= 4 is 55.1 Å². The fourth-order valence-corrected chi connectivity index (χ4v) is 5.72. The molecule has 0 aliphatic carbocycles. The van der Waals surface area contributed by atoms with E-state index < -0.39 is 28.5 Å². The number of nitrogens with zero attached hydrogens (tertiary/aromatic N) is 2. The van der Waals surface area contributed by atoms with Crippen LogP contribution in [0.3, 0.4) is 0 Å². The lowest BCUT2D eigenvalue weighted by atomic mass is 10.0. The van der Waals surface area contributed by atoms with E-state index in [4.69, 9.17) is 16.3 Å². The molecule has 0 aliphatic heterocycles. The average molecular weight is 651 g/mol. The number of methoxy groups -OCH3 is 1. The first-order valence-corrected chi connectivity index (χ1v) is 15.7. The summed E-state index contributed by atoms with van der Waals surface area (Å²) in [6, 6.07) is 20.4. The lowest BCUT2D eigenvalue weighted by molar-refractivity contribution is -0.140. The van der Waals surface area contributed by atoms with Crippen LogP contribution in [0.2, 0.25) is 5.02 Å². The van der Waals surface area contributed by atoms with Gasteiger partial charge in [-0.1, -0.05) is 76.9 Å². The fraction of sp³-hybridized carbons (Fsp3) is 0.310. The average Bonchev–Trinajstić information content (AvgIpc) is 2.92. The largest absolute Gasteiger partial charge is 0.495 e. The van der Waals surface area contributed by atoms with Gasteiger partial charge in [0.1, 0.15) is 18.3 Å². The quantitative estimate of drug-likeness (QED) is 0.280. The predicted molar refractivity (Wildman–Crippen MR) is 162 cm³/mol. The van der Waals surface area contributed by atoms with Crippen molar-refractivity contribution in [3.63, 3.8) is 0 Å². The molecule has 0 radical (unpaired) electrons. The molecule has 0 saturated carbocycles. The minimum Gasteiger partial charge on any atom is -0.495 e. The molecular weight excluding hydrogens is 618 g/mol. The van der Waals surface area contributed by atoms with E-state index in [2.05, 4.69) is 21.2 Å². The Morgan fingerprint density at radius 2 is 1.73 bits per heavy atom. The van der Waals surface area contributed by atoms with Crippen LogP contribution >= 0.6 is 27.5 Å². The molecule has 0 heterocycles. The van der Waals surface area contributed by atoms with E-state index in [0.29, 0.717) is 12.3 Å². The van der Waals surface area contributed by atoms with Gasteiger partial charge in [0.2, 0.25) is 21.8 Å². The maximum atomic E-state index is 14.1. The van der Waals surface area contributed by atoms with Gasteiger partial charge in [-0.05, 0) is 47.9 Å². The fourth-order valence-electron chi connectivity index (χ4n) is 4.18. The number of sulfonamides is 1. The van der Waals surface area contributed by atoms with Crippen molar-refractivity contribution in [2.24, 2.45) is 0 Å². The molecule has 40 heavy (non-hydrogen) atoms. The number of ether oxygens (including phenoxy) is 1. The van der Waals surface area contributed by atoms with Crippen LogP contribution in [-0.4, -0.2) is 57.6 Å². The first-order valence-electron chi connectivity index (χ1n) is 12.7. The Labute approximate surface area is 249 Å². The molecule has 0 spiro atoms. The highest BCUT2D eigenvalue weighted by molar-refractivity contribution is 9.10. The van der Waals surface area contributed by atoms with Crippen molar-refractivity contribution in [1.29, 1.82) is 0 Å². The molecule has 0 aromatic heterocycles. The van der Waals surface area contributed by atoms with Crippen molar-refractivity contribution in [3.05, 3.63) is 93.4 Å². The van der Waals surface area contributed by atoms with Crippen LogP contribution < -0.4 is 14.4 Å². The standard InChI is InChI=1S/C29H33BrClN3O5S/c1-4-15-32-29(36)26(17-21-9-6-5-7-10-21)33(19-22-11-8-12-23(30)16-22)28(35)20-34(40(3,37)38)24-13-14-27(39-2)25(31)18-24/h5-14,16,18,26H,4,15,17,19-20H2,1-3H3,(H,32,36). The highest BCUT2D eigenvalue weighted by atomic mass is 79.9. The first kappa shape index (κ1) is 31.4. The Morgan fingerprint density at radius 1 is 1.02 bits per heavy atom. The Bertz CT molecular complexity index is 1420. The molecule has 0 fully saturated rings. The predicted octanol–water partition coefficient (Wildman–Crippen LogP) is 5.04. The van der Waals surface area contributed by atoms with Crippen LogP contribution in [0.15, 0.2) is 77.3 Å². The van der Waals surface area contributed by atoms with Crippen LogP contribution in [0.5, 0.6) is 5.75 Å². The van der Waals surface area contributed by atoms with Crippen molar-refractivity contribution in [3.8, 4) is 5.75 Å². The molecule has 0 aliphatic rings. The van der Waals surface area contributed by atoms with Gasteiger partial charge in [0.15, 0.2) is 0 Å². The maximum Gasteiger partial charge on any atom is 0.244 e. The third-order valence-electron chi connectivity index (χ3n) is 6.16. The zero-order valence-corrected chi connectivity index (χ0v) is 25.8. The second-order valence-electron chi connectivity index (χ2n) is 9.24. The summed E-state index contributed by atoms with van der Waals surface area (Å²) < 4.78 is 32.8. The van der Waals surface area contributed by atoms with E-state index in [-0.39, 0.29) is 29.6 Å². The number of hydrogen-bond donors (Lipinski definition) is 1. The number of benzene rings is 3. The third kappa shape index (κ3) is 8.71. The van der Waals surface area contributed by atoms with Gasteiger partial charge in [-0.25, -0.2) is 8.42 Å². The Kier molecular flexibility index (Phi) is 11.4. The second kappa shape index (κ2) is 14.5. The van der Waals surface area contributed by atoms with E-state index >= 15 is 0 Å². The normalized spacial score (nSPS) is 11.9. The van der Waals surface area contributed by atoms with Gasteiger partial charge in [-0.3, -0.25) is 13.9 Å². The van der Waals surface area contributed by atoms with Gasteiger partial charge in [0.25, 0.3) is 0 Å². The molecule has 11 heteroatoms. The topological polar surface area (TPSA) is 96.0 Å². The number of halogens is 2. The third-order valence-corrected chi connectivity index (χ3v) is 8.09. The molecule has 3 aromatic carbocycles. The van der Waals surface area contributed by atoms with Gasteiger partial charge in [0, 0.05) is 24.0 Å². The number of amides is 2. The summed E-state index contributed by atoms with van der Waals surface area (Å²) in [7, 11) is -2.45. The molecule has 1 N–H and O–H groups in total. The highest BCUT2D eigenvalue weighted by Gasteiger charge is 2.33. The minimum atomic E-state index is -3.90. The molecule has 0 bridgehead atoms. The van der Waals surface area contributed by atoms with E-state index in [9.17, 15) is 18.0 Å². The lowest BCUT2D eigenvalue weighted by Crippen LogP contribution is -2.53. The van der Waals surface area contributed by atoms with Crippen LogP contribution in [-0.2, 0) is 32.6 Å². The van der Waals surface area contributed by atoms with Crippen LogP contribution in [0.25, 0.3) is 0 Å². The molecule has 0 saturated heterocycles. The summed E-state index contributed by atoms with van der Waals surface area (Å²) in [5.41, 5.74) is 1.86. The molecule has 3 aromatic rings. The van der Waals surface area contributed by atoms with Gasteiger partial charge in [-0.2, -0.15) is 0 Å². The monoisotopic (exact) mass is 649 g/mol. The summed E-state index contributed by atoms with van der Waals surface area (Å²) in [6.07, 6.45) is 2.00. The summed E-state index contributed by atoms with van der Waals surface area (Å²) in [6.45, 7) is 1.96. The number of carbonyl (C=O) groups is 2. The zero-order valence-electron chi connectivity index (χ0n) is 22.6. The van der Waals surface area contributed by atoms with Crippen molar-refractivity contribution in [1.82, 2.24) is 10.2 Å². The summed E-state index contributed by atoms with van der Waals surface area (Å²) in [5, 5.41) is 3.12. The Morgan fingerprint density at radius 3 is 2.33 bits per heavy atom. The van der Waals surface area contributed by atoms with Gasteiger partial charge in [-0.15, -0.1) is 0 Å². The lowest BCUT2D eigenvalue weighted by Gasteiger charge is -2.33. The minimum absolute atomic E-state index is 0.0935. The maximum absolute atomic E-state index is 14.1. The number of hydrogen-bond acceptors (Lipinski definition) is 5. The Hall–Kier alpha value is -3.08. The van der Waals surface area contributed by atoms with E-state index in [1.165, 1.54) is 30.2 Å². The molecule has 1 unspecified atom stereocenters. The molecule has 2 amide bonds. The number of rotatable bonds is 13. The van der Waals surface area contributed by atoms with Crippen molar-refractivity contribution in [2.45, 2.75) is 32.4 Å². The highest BCUT2D eigenvalue weighted by Crippen LogP contribution is 2.30. The van der Waals surface area contributed by atoms with Gasteiger partial charge >= 0.3 is 0 Å². The second-order valence-corrected chi connectivity index (χ2v) is 12.5. The van der Waals surface area contributed by atoms with E-state index in [1.807, 2.05) is 61.5 Å². The summed E-state index contributed by atoms with van der Waals surface area (Å²) >= 11 is 9.74. The van der Waals surface area contributed by atoms with Crippen molar-refractivity contribution in [2.75, 3.05) is 30.8 Å². The summed E-state index contributed by atoms with van der Waals surface area (Å²) in [5.74, 6) is -0.477. The molecule has 3 rings (SSSR count). The molecular formula is C29H33BrClN3O5S. The zero-order chi connectivity index (χ0) is 29.3. The van der Waals surface area contributed by atoms with E-state index in [1.54, 1.807) is 0 Å². The number of nitrogens with one attached hydrogen (secondary N) is 1. The van der Waals surface area contributed by atoms with Crippen LogP contribution in [0.4, 0.5) is 5.69 Å². The van der Waals surface area contributed by atoms with E-state index in [0.717, 1.165) is 32.6 Å². The first-order chi connectivity index (χ1) is 19.0. The smallest absolute Gasteiger partial charge is 0.244 e. The Balaban J connectivity index is 2.05. The van der Waals surface area contributed by atoms with Gasteiger partial charge in [0.05, 0.1) is 24.1 Å². The van der Waals surface area contributed by atoms with Crippen molar-refractivity contribution < 1.29 is 22.7 Å². The molecule has 214 valence electrons. The summed E-state index contributed by atoms with van der Waals surface area (Å²) in [4.78, 5) is 29.0.